The summed E-state index contributed by atoms with van der Waals surface area (Å²) in [5.41, 5.74) is 0.779. The van der Waals surface area contributed by atoms with Gasteiger partial charge in [-0.3, -0.25) is 10.1 Å². The minimum absolute atomic E-state index is 0.0603. The Morgan fingerprint density at radius 2 is 1.93 bits per heavy atom. The fourth-order valence-electron chi connectivity index (χ4n) is 3.00. The fraction of sp³-hybridized carbons (Fsp3) is 0.526. The van der Waals surface area contributed by atoms with E-state index in [9.17, 15) is 14.4 Å². The molecule has 27 heavy (non-hydrogen) atoms. The molecule has 1 aliphatic rings. The number of esters is 1. The van der Waals surface area contributed by atoms with Crippen LogP contribution in [0.1, 0.15) is 38.2 Å². The van der Waals surface area contributed by atoms with Crippen LogP contribution in [0.4, 0.5) is 4.79 Å². The topological polar surface area (TPSA) is 93.7 Å². The fourth-order valence-corrected chi connectivity index (χ4v) is 3.22. The number of rotatable bonds is 6. The first-order valence-corrected chi connectivity index (χ1v) is 9.38. The van der Waals surface area contributed by atoms with Gasteiger partial charge in [0.2, 0.25) is 0 Å². The zero-order chi connectivity index (χ0) is 19.8. The molecule has 148 valence electrons. The molecule has 2 atom stereocenters. The van der Waals surface area contributed by atoms with Crippen molar-refractivity contribution in [1.29, 1.82) is 0 Å². The van der Waals surface area contributed by atoms with Gasteiger partial charge >= 0.3 is 12.0 Å². The minimum atomic E-state index is -0.708. The van der Waals surface area contributed by atoms with Gasteiger partial charge in [0, 0.05) is 11.1 Å². The second-order valence-electron chi connectivity index (χ2n) is 6.75. The van der Waals surface area contributed by atoms with E-state index in [-0.39, 0.29) is 12.6 Å². The number of ether oxygens (including phenoxy) is 2. The number of halogens is 1. The van der Waals surface area contributed by atoms with Crippen molar-refractivity contribution in [2.24, 2.45) is 5.92 Å². The summed E-state index contributed by atoms with van der Waals surface area (Å²) in [5.74, 6) is -0.513. The number of carbonyl (C=O) groups excluding carboxylic acids is 3. The molecule has 3 amide bonds. The second kappa shape index (κ2) is 10.2. The average molecular weight is 397 g/mol. The Labute approximate surface area is 163 Å². The molecule has 1 aliphatic carbocycles. The molecule has 0 bridgehead atoms. The molecule has 2 N–H and O–H groups in total. The summed E-state index contributed by atoms with van der Waals surface area (Å²) in [4.78, 5) is 35.3. The lowest BCUT2D eigenvalue weighted by Crippen LogP contribution is -2.48. The van der Waals surface area contributed by atoms with Gasteiger partial charge < -0.3 is 14.8 Å². The maximum atomic E-state index is 11.9. The van der Waals surface area contributed by atoms with Gasteiger partial charge in [0.05, 0.1) is 0 Å². The Bertz CT molecular complexity index is 695. The molecule has 0 radical (unpaired) electrons. The predicted octanol–water partition coefficient (Wildman–Crippen LogP) is 2.97. The summed E-state index contributed by atoms with van der Waals surface area (Å²) in [5, 5.41) is 5.54. The van der Waals surface area contributed by atoms with E-state index in [1.54, 1.807) is 25.1 Å². The van der Waals surface area contributed by atoms with E-state index in [0.29, 0.717) is 16.7 Å². The lowest BCUT2D eigenvalue weighted by molar-refractivity contribution is -0.150. The summed E-state index contributed by atoms with van der Waals surface area (Å²) in [6.07, 6.45) is 4.18. The van der Waals surface area contributed by atoms with E-state index in [1.807, 2.05) is 0 Å². The first-order chi connectivity index (χ1) is 12.8. The zero-order valence-electron chi connectivity index (χ0n) is 15.5. The van der Waals surface area contributed by atoms with Crippen LogP contribution in [0.3, 0.4) is 0 Å². The van der Waals surface area contributed by atoms with Crippen LogP contribution in [0, 0.1) is 12.8 Å². The minimum Gasteiger partial charge on any atom is -0.482 e. The number of carbonyl (C=O) groups is 3. The summed E-state index contributed by atoms with van der Waals surface area (Å²) in [6.45, 7) is 2.98. The molecular formula is C19H25ClN2O5. The molecule has 1 aromatic carbocycles. The van der Waals surface area contributed by atoms with Crippen molar-refractivity contribution in [3.63, 3.8) is 0 Å². The van der Waals surface area contributed by atoms with Crippen molar-refractivity contribution >= 4 is 29.5 Å². The molecule has 0 heterocycles. The zero-order valence-corrected chi connectivity index (χ0v) is 16.3. The van der Waals surface area contributed by atoms with Gasteiger partial charge in [-0.05, 0) is 49.4 Å². The van der Waals surface area contributed by atoms with Crippen LogP contribution in [0.25, 0.3) is 0 Å². The van der Waals surface area contributed by atoms with E-state index in [4.69, 9.17) is 21.1 Å². The summed E-state index contributed by atoms with van der Waals surface area (Å²) < 4.78 is 10.2. The third kappa shape index (κ3) is 7.09. The number of amides is 3. The van der Waals surface area contributed by atoms with Crippen LogP contribution in [0.15, 0.2) is 18.2 Å². The standard InChI is InChI=1S/C19H25ClN2O5/c1-12-5-3-4-6-15(12)21-19(25)22-17(23)10-27-18(24)11-26-16-8-7-14(20)9-13(16)2/h7-9,12,15H,3-6,10-11H2,1-2H3,(H2,21,22,23,25)/t12-,15-/m0/s1. The van der Waals surface area contributed by atoms with E-state index < -0.39 is 24.5 Å². The monoisotopic (exact) mass is 396 g/mol. The van der Waals surface area contributed by atoms with Gasteiger partial charge in [0.25, 0.3) is 5.91 Å². The molecule has 8 heteroatoms. The van der Waals surface area contributed by atoms with Crippen molar-refractivity contribution in [2.45, 2.75) is 45.6 Å². The molecule has 7 nitrogen and oxygen atoms in total. The Balaban J connectivity index is 1.66. The summed E-state index contributed by atoms with van der Waals surface area (Å²) >= 11 is 5.85. The van der Waals surface area contributed by atoms with Gasteiger partial charge in [-0.2, -0.15) is 0 Å². The van der Waals surface area contributed by atoms with Crippen molar-refractivity contribution in [3.8, 4) is 5.75 Å². The van der Waals surface area contributed by atoms with E-state index in [0.717, 1.165) is 31.2 Å². The van der Waals surface area contributed by atoms with Crippen LogP contribution < -0.4 is 15.4 Å². The molecule has 1 fully saturated rings. The Morgan fingerprint density at radius 3 is 2.63 bits per heavy atom. The molecule has 0 unspecified atom stereocenters. The first-order valence-electron chi connectivity index (χ1n) is 9.00. The normalized spacial score (nSPS) is 19.1. The van der Waals surface area contributed by atoms with Crippen molar-refractivity contribution in [3.05, 3.63) is 28.8 Å². The average Bonchev–Trinajstić information content (AvgIpc) is 2.61. The largest absolute Gasteiger partial charge is 0.482 e. The molecule has 0 spiro atoms. The SMILES string of the molecule is Cc1cc(Cl)ccc1OCC(=O)OCC(=O)NC(=O)N[C@H]1CCCC[C@@H]1C. The van der Waals surface area contributed by atoms with Crippen LogP contribution >= 0.6 is 11.6 Å². The second-order valence-corrected chi connectivity index (χ2v) is 7.19. The molecule has 1 aromatic rings. The highest BCUT2D eigenvalue weighted by Crippen LogP contribution is 2.23. The lowest BCUT2D eigenvalue weighted by Gasteiger charge is -2.29. The highest BCUT2D eigenvalue weighted by atomic mass is 35.5. The van der Waals surface area contributed by atoms with Crippen LogP contribution in [-0.2, 0) is 14.3 Å². The van der Waals surface area contributed by atoms with Crippen LogP contribution in [-0.4, -0.2) is 37.2 Å². The highest BCUT2D eigenvalue weighted by Gasteiger charge is 2.23. The molecule has 1 saturated carbocycles. The predicted molar refractivity (Wildman–Crippen MR) is 101 cm³/mol. The van der Waals surface area contributed by atoms with Crippen molar-refractivity contribution < 1.29 is 23.9 Å². The Morgan fingerprint density at radius 1 is 1.19 bits per heavy atom. The van der Waals surface area contributed by atoms with E-state index in [2.05, 4.69) is 17.6 Å². The number of hydrogen-bond acceptors (Lipinski definition) is 5. The van der Waals surface area contributed by atoms with Gasteiger partial charge in [-0.25, -0.2) is 9.59 Å². The van der Waals surface area contributed by atoms with Crippen molar-refractivity contribution in [2.75, 3.05) is 13.2 Å². The highest BCUT2D eigenvalue weighted by molar-refractivity contribution is 6.30. The molecule has 0 aliphatic heterocycles. The van der Waals surface area contributed by atoms with Gasteiger partial charge in [-0.1, -0.05) is 31.4 Å². The number of aryl methyl sites for hydroxylation is 1. The third-order valence-electron chi connectivity index (χ3n) is 4.53. The third-order valence-corrected chi connectivity index (χ3v) is 4.76. The maximum Gasteiger partial charge on any atom is 0.344 e. The number of hydrogen-bond donors (Lipinski definition) is 2. The van der Waals surface area contributed by atoms with Crippen LogP contribution in [0.2, 0.25) is 5.02 Å². The number of imide groups is 1. The molecular weight excluding hydrogens is 372 g/mol. The van der Waals surface area contributed by atoms with Crippen LogP contribution in [0.5, 0.6) is 5.75 Å². The quantitative estimate of drug-likeness (QED) is 0.721. The summed E-state index contributed by atoms with van der Waals surface area (Å²) in [6, 6.07) is 4.50. The maximum absolute atomic E-state index is 11.9. The first kappa shape index (κ1) is 21.0. The van der Waals surface area contributed by atoms with E-state index in [1.165, 1.54) is 0 Å². The molecule has 2 rings (SSSR count). The lowest BCUT2D eigenvalue weighted by atomic mass is 9.86. The summed E-state index contributed by atoms with van der Waals surface area (Å²) in [7, 11) is 0. The van der Waals surface area contributed by atoms with E-state index >= 15 is 0 Å². The van der Waals surface area contributed by atoms with Gasteiger partial charge in [0.1, 0.15) is 5.75 Å². The Kier molecular flexibility index (Phi) is 7.91. The van der Waals surface area contributed by atoms with Gasteiger partial charge in [-0.15, -0.1) is 0 Å². The number of nitrogens with one attached hydrogen (secondary N) is 2. The number of benzene rings is 1. The molecule has 0 saturated heterocycles. The molecule has 0 aromatic heterocycles. The van der Waals surface area contributed by atoms with Gasteiger partial charge in [0.15, 0.2) is 13.2 Å². The smallest absolute Gasteiger partial charge is 0.344 e. The number of urea groups is 1. The Hall–Kier alpha value is -2.28. The van der Waals surface area contributed by atoms with Crippen molar-refractivity contribution in [1.82, 2.24) is 10.6 Å².